The average Bonchev–Trinajstić information content (AvgIpc) is 3.64. The highest BCUT2D eigenvalue weighted by Crippen LogP contribution is 2.28. The summed E-state index contributed by atoms with van der Waals surface area (Å²) in [6, 6.07) is 5.66. The highest BCUT2D eigenvalue weighted by molar-refractivity contribution is 5.80. The number of carbonyl (C=O) groups excluding carboxylic acids is 2. The van der Waals surface area contributed by atoms with E-state index < -0.39 is 6.35 Å². The van der Waals surface area contributed by atoms with Crippen LogP contribution in [0.4, 0.5) is 17.3 Å². The van der Waals surface area contributed by atoms with Crippen molar-refractivity contribution in [2.45, 2.75) is 31.8 Å². The number of amides is 1. The van der Waals surface area contributed by atoms with Crippen molar-refractivity contribution in [2.24, 2.45) is 0 Å². The molecule has 2 aliphatic rings. The number of aldehydes is 1. The van der Waals surface area contributed by atoms with Crippen molar-refractivity contribution >= 4 is 29.5 Å². The number of pyridine rings is 2. The Morgan fingerprint density at radius 1 is 1.38 bits per heavy atom. The topological polar surface area (TPSA) is 114 Å². The summed E-state index contributed by atoms with van der Waals surface area (Å²) < 4.78 is 0. The molecule has 3 N–H and O–H groups in total. The molecule has 0 radical (unpaired) electrons. The zero-order valence-corrected chi connectivity index (χ0v) is 19.4. The fourth-order valence-corrected chi connectivity index (χ4v) is 3.69. The van der Waals surface area contributed by atoms with Gasteiger partial charge in [0.2, 0.25) is 12.3 Å². The Morgan fingerprint density at radius 3 is 2.85 bits per heavy atom. The van der Waals surface area contributed by atoms with Crippen LogP contribution in [0.2, 0.25) is 0 Å². The predicted molar refractivity (Wildman–Crippen MR) is 129 cm³/mol. The van der Waals surface area contributed by atoms with E-state index in [-0.39, 0.29) is 11.6 Å². The van der Waals surface area contributed by atoms with Crippen LogP contribution >= 0.6 is 0 Å². The molecule has 0 aromatic carbocycles. The van der Waals surface area contributed by atoms with Gasteiger partial charge in [-0.25, -0.2) is 9.97 Å². The van der Waals surface area contributed by atoms with Crippen LogP contribution in [-0.2, 0) is 11.3 Å². The van der Waals surface area contributed by atoms with Gasteiger partial charge in [-0.2, -0.15) is 0 Å². The molecule has 1 atom stereocenters. The number of rotatable bonds is 9. The predicted octanol–water partition coefficient (Wildman–Crippen LogP) is 0.943. The maximum atomic E-state index is 12.3. The van der Waals surface area contributed by atoms with E-state index in [1.54, 1.807) is 36.3 Å². The molecular weight excluding hydrogens is 434 g/mol. The molecule has 1 amide bonds. The second-order valence-corrected chi connectivity index (χ2v) is 8.69. The van der Waals surface area contributed by atoms with Crippen molar-refractivity contribution in [1.82, 2.24) is 19.8 Å². The van der Waals surface area contributed by atoms with Gasteiger partial charge in [-0.3, -0.25) is 14.5 Å². The minimum atomic E-state index is -1.16. The van der Waals surface area contributed by atoms with Gasteiger partial charge in [0.1, 0.15) is 17.3 Å². The first-order valence-corrected chi connectivity index (χ1v) is 11.2. The summed E-state index contributed by atoms with van der Waals surface area (Å²) >= 11 is 0. The average molecular weight is 464 g/mol. The van der Waals surface area contributed by atoms with Crippen LogP contribution in [0, 0.1) is 12.3 Å². The molecule has 10 nitrogen and oxygen atoms in total. The van der Waals surface area contributed by atoms with Crippen molar-refractivity contribution in [2.75, 3.05) is 49.3 Å². The number of nitrogens with zero attached hydrogens (tertiary/aromatic N) is 5. The van der Waals surface area contributed by atoms with Crippen molar-refractivity contribution in [3.8, 4) is 12.3 Å². The minimum Gasteiger partial charge on any atom is -0.381 e. The molecular formula is C24H29N7O3. The van der Waals surface area contributed by atoms with Gasteiger partial charge in [0.25, 0.3) is 0 Å². The Morgan fingerprint density at radius 2 is 2.18 bits per heavy atom. The molecule has 4 rings (SSSR count). The molecule has 1 saturated heterocycles. The molecule has 0 spiro atoms. The molecule has 3 heterocycles. The van der Waals surface area contributed by atoms with E-state index >= 15 is 0 Å². The largest absolute Gasteiger partial charge is 0.381 e. The number of aromatic nitrogens is 2. The summed E-state index contributed by atoms with van der Waals surface area (Å²) in [5, 5.41) is 17.0. The summed E-state index contributed by atoms with van der Waals surface area (Å²) in [5.74, 6) is 3.48. The SMILES string of the molecule is C#Cc1cnc(NC(O)N(C)c2ccc(CN3CCN(C)CC3=O)c(C=O)n2)cc1NC1CC1. The first-order chi connectivity index (χ1) is 16.4. The number of carbonyl (C=O) groups is 2. The van der Waals surface area contributed by atoms with E-state index in [9.17, 15) is 14.7 Å². The molecule has 1 aliphatic carbocycles. The molecule has 0 bridgehead atoms. The number of piperazine rings is 1. The van der Waals surface area contributed by atoms with Gasteiger partial charge < -0.3 is 25.5 Å². The van der Waals surface area contributed by atoms with Crippen LogP contribution in [-0.4, -0.2) is 83.2 Å². The Hall–Kier alpha value is -3.68. The van der Waals surface area contributed by atoms with Crippen molar-refractivity contribution in [3.63, 3.8) is 0 Å². The van der Waals surface area contributed by atoms with E-state index in [1.807, 2.05) is 11.9 Å². The molecule has 2 fully saturated rings. The second-order valence-electron chi connectivity index (χ2n) is 8.69. The van der Waals surface area contributed by atoms with Crippen LogP contribution in [0.1, 0.15) is 34.5 Å². The molecule has 178 valence electrons. The van der Waals surface area contributed by atoms with E-state index in [0.717, 1.165) is 25.1 Å². The van der Waals surface area contributed by atoms with Gasteiger partial charge in [-0.05, 0) is 26.0 Å². The fourth-order valence-electron chi connectivity index (χ4n) is 3.69. The summed E-state index contributed by atoms with van der Waals surface area (Å²) in [4.78, 5) is 37.9. The van der Waals surface area contributed by atoms with Crippen LogP contribution < -0.4 is 15.5 Å². The zero-order valence-electron chi connectivity index (χ0n) is 19.4. The summed E-state index contributed by atoms with van der Waals surface area (Å²) in [7, 11) is 3.55. The number of hydrogen-bond donors (Lipinski definition) is 3. The van der Waals surface area contributed by atoms with Gasteiger partial charge in [-0.15, -0.1) is 6.42 Å². The zero-order chi connectivity index (χ0) is 24.2. The lowest BCUT2D eigenvalue weighted by atomic mass is 10.1. The lowest BCUT2D eigenvalue weighted by Gasteiger charge is -2.32. The molecule has 2 aromatic heterocycles. The van der Waals surface area contributed by atoms with Crippen LogP contribution in [0.5, 0.6) is 0 Å². The third-order valence-corrected chi connectivity index (χ3v) is 5.98. The molecule has 34 heavy (non-hydrogen) atoms. The Balaban J connectivity index is 1.45. The normalized spacial score (nSPS) is 17.1. The van der Waals surface area contributed by atoms with Crippen molar-refractivity contribution in [1.29, 1.82) is 0 Å². The summed E-state index contributed by atoms with van der Waals surface area (Å²) in [6.07, 6.45) is 8.86. The van der Waals surface area contributed by atoms with Gasteiger partial charge in [-0.1, -0.05) is 12.0 Å². The van der Waals surface area contributed by atoms with E-state index in [4.69, 9.17) is 6.42 Å². The number of likely N-dealkylation sites (N-methyl/N-ethyl adjacent to an activating group) is 1. The minimum absolute atomic E-state index is 0.0188. The first kappa shape index (κ1) is 23.5. The van der Waals surface area contributed by atoms with Crippen LogP contribution in [0.15, 0.2) is 24.4 Å². The first-order valence-electron chi connectivity index (χ1n) is 11.2. The number of aliphatic hydroxyl groups excluding tert-OH is 1. The summed E-state index contributed by atoms with van der Waals surface area (Å²) in [6.45, 7) is 2.06. The van der Waals surface area contributed by atoms with Gasteiger partial charge in [0, 0.05) is 50.6 Å². The van der Waals surface area contributed by atoms with Gasteiger partial charge >= 0.3 is 0 Å². The van der Waals surface area contributed by atoms with Gasteiger partial charge in [0.05, 0.1) is 17.8 Å². The number of aliphatic hydroxyl groups is 1. The molecule has 1 unspecified atom stereocenters. The number of hydrogen-bond acceptors (Lipinski definition) is 9. The van der Waals surface area contributed by atoms with E-state index in [2.05, 4.69) is 26.5 Å². The third-order valence-electron chi connectivity index (χ3n) is 5.98. The van der Waals surface area contributed by atoms with Crippen molar-refractivity contribution < 1.29 is 14.7 Å². The lowest BCUT2D eigenvalue weighted by molar-refractivity contribution is -0.136. The molecule has 2 aromatic rings. The second kappa shape index (κ2) is 10.1. The Labute approximate surface area is 199 Å². The Bertz CT molecular complexity index is 1110. The monoisotopic (exact) mass is 463 g/mol. The van der Waals surface area contributed by atoms with Crippen LogP contribution in [0.25, 0.3) is 0 Å². The highest BCUT2D eigenvalue weighted by atomic mass is 16.3. The smallest absolute Gasteiger partial charge is 0.237 e. The number of nitrogens with one attached hydrogen (secondary N) is 2. The van der Waals surface area contributed by atoms with E-state index in [1.165, 1.54) is 4.90 Å². The highest BCUT2D eigenvalue weighted by Gasteiger charge is 2.24. The quantitative estimate of drug-likeness (QED) is 0.284. The van der Waals surface area contributed by atoms with E-state index in [0.29, 0.717) is 54.7 Å². The summed E-state index contributed by atoms with van der Waals surface area (Å²) in [5.41, 5.74) is 2.35. The van der Waals surface area contributed by atoms with Crippen molar-refractivity contribution in [3.05, 3.63) is 41.2 Å². The van der Waals surface area contributed by atoms with Crippen LogP contribution in [0.3, 0.4) is 0 Å². The molecule has 1 saturated carbocycles. The fraction of sp³-hybridized carbons (Fsp3) is 0.417. The van der Waals surface area contributed by atoms with Gasteiger partial charge in [0.15, 0.2) is 6.29 Å². The number of terminal acetylenes is 1. The number of anilines is 3. The standard InChI is InChI=1S/C24H29N7O3/c1-4-16-12-25-21(11-19(16)26-18-6-7-18)28-24(34)30(3)22-8-5-17(20(15-32)27-22)13-31-10-9-29(2)14-23(31)33/h1,5,8,11-12,15,18,24,34H,6-7,9-10,13-14H2,2-3H3,(H2,25,26,28). The molecule has 10 heteroatoms. The maximum Gasteiger partial charge on any atom is 0.237 e. The third kappa shape index (κ3) is 5.44. The molecule has 1 aliphatic heterocycles. The Kier molecular flexibility index (Phi) is 6.95. The maximum absolute atomic E-state index is 12.3. The lowest BCUT2D eigenvalue weighted by Crippen LogP contribution is -2.48.